The maximum absolute atomic E-state index is 11.4. The zero-order valence-corrected chi connectivity index (χ0v) is 10.1. The van der Waals surface area contributed by atoms with Gasteiger partial charge in [0.2, 0.25) is 0 Å². The number of hydrogen-bond acceptors (Lipinski definition) is 2. The number of amides is 2. The number of nitrogens with one attached hydrogen (secondary N) is 1. The second kappa shape index (κ2) is 4.17. The van der Waals surface area contributed by atoms with Crippen molar-refractivity contribution in [3.63, 3.8) is 0 Å². The molecule has 2 amide bonds. The third-order valence-corrected chi connectivity index (χ3v) is 4.34. The minimum absolute atomic E-state index is 0.207. The van der Waals surface area contributed by atoms with Crippen molar-refractivity contribution in [2.75, 3.05) is 0 Å². The molecule has 0 unspecified atom stereocenters. The van der Waals surface area contributed by atoms with E-state index in [2.05, 4.69) is 17.2 Å². The fourth-order valence-electron chi connectivity index (χ4n) is 1.53. The molecule has 78 valence electrons. The molecule has 1 aromatic rings. The van der Waals surface area contributed by atoms with E-state index in [1.807, 2.05) is 6.07 Å². The van der Waals surface area contributed by atoms with Crippen LogP contribution in [0.4, 0.5) is 0 Å². The average molecular weight is 268 g/mol. The molecule has 0 fully saturated rings. The van der Waals surface area contributed by atoms with E-state index >= 15 is 0 Å². The van der Waals surface area contributed by atoms with Crippen LogP contribution in [0.15, 0.2) is 17.1 Å². The van der Waals surface area contributed by atoms with Gasteiger partial charge in [0.25, 0.3) is 0 Å². The zero-order chi connectivity index (χ0) is 10.8. The zero-order valence-electron chi connectivity index (χ0n) is 8.37. The van der Waals surface area contributed by atoms with Gasteiger partial charge in [-0.05, 0) is 0 Å². The summed E-state index contributed by atoms with van der Waals surface area (Å²) in [6.45, 7) is 2.13. The summed E-state index contributed by atoms with van der Waals surface area (Å²) in [6, 6.07) is 2.05. The van der Waals surface area contributed by atoms with Crippen molar-refractivity contribution in [3.8, 4) is 0 Å². The summed E-state index contributed by atoms with van der Waals surface area (Å²) >= 11 is 0.207. The Labute approximate surface area is 93.9 Å². The molecule has 0 aromatic carbocycles. The first kappa shape index (κ1) is 10.4. The molecule has 4 heteroatoms. The van der Waals surface area contributed by atoms with Crippen LogP contribution in [0.1, 0.15) is 23.3 Å². The van der Waals surface area contributed by atoms with Crippen molar-refractivity contribution in [2.45, 2.75) is 19.8 Å². The van der Waals surface area contributed by atoms with Crippen LogP contribution in [0.3, 0.4) is 0 Å². The fraction of sp³-hybridized carbons (Fsp3) is 0.273. The number of imide groups is 1. The molecule has 0 atom stereocenters. The van der Waals surface area contributed by atoms with Gasteiger partial charge in [-0.1, -0.05) is 0 Å². The summed E-state index contributed by atoms with van der Waals surface area (Å²) in [5.41, 5.74) is 1.85. The molecule has 15 heavy (non-hydrogen) atoms. The van der Waals surface area contributed by atoms with E-state index in [9.17, 15) is 9.59 Å². The Hall–Kier alpha value is -1.12. The summed E-state index contributed by atoms with van der Waals surface area (Å²) in [7, 11) is 0. The first-order valence-corrected chi connectivity index (χ1v) is 6.70. The van der Waals surface area contributed by atoms with Crippen LogP contribution in [-0.2, 0) is 16.0 Å². The Balaban J connectivity index is 2.26. The molecular weight excluding hydrogens is 257 g/mol. The van der Waals surface area contributed by atoms with Gasteiger partial charge in [0.1, 0.15) is 0 Å². The molecule has 1 N–H and O–H groups in total. The predicted molar refractivity (Wildman–Crippen MR) is 58.5 cm³/mol. The molecule has 1 aromatic heterocycles. The summed E-state index contributed by atoms with van der Waals surface area (Å²) in [5, 5.41) is 2.27. The van der Waals surface area contributed by atoms with E-state index in [1.165, 1.54) is 11.6 Å². The first-order valence-electron chi connectivity index (χ1n) is 4.85. The molecule has 2 heterocycles. The van der Waals surface area contributed by atoms with Gasteiger partial charge in [-0.15, -0.1) is 0 Å². The standard InChI is InChI=1S/C11H11NO2Se/c1-2-3-7-4-9(15-6-7)8-5-10(13)12-11(8)14/h4-6H,2-3H2,1H3,(H,12,13,14). The molecule has 1 aliphatic rings. The Kier molecular flexibility index (Phi) is 2.89. The van der Waals surface area contributed by atoms with Crippen molar-refractivity contribution >= 4 is 31.9 Å². The van der Waals surface area contributed by atoms with Gasteiger partial charge >= 0.3 is 93.6 Å². The third kappa shape index (κ3) is 2.11. The van der Waals surface area contributed by atoms with Gasteiger partial charge in [0, 0.05) is 0 Å². The van der Waals surface area contributed by atoms with Crippen LogP contribution < -0.4 is 5.32 Å². The SMILES string of the molecule is CCCc1c[se]c(C2=CC(=O)NC2=O)c1. The van der Waals surface area contributed by atoms with Crippen molar-refractivity contribution in [1.29, 1.82) is 0 Å². The molecule has 1 aliphatic heterocycles. The molecule has 2 rings (SSSR count). The van der Waals surface area contributed by atoms with Crippen LogP contribution in [0.5, 0.6) is 0 Å². The Bertz CT molecular complexity index is 445. The van der Waals surface area contributed by atoms with Gasteiger partial charge in [-0.3, -0.25) is 0 Å². The number of carbonyl (C=O) groups is 2. The van der Waals surface area contributed by atoms with Crippen LogP contribution in [0.2, 0.25) is 0 Å². The summed E-state index contributed by atoms with van der Waals surface area (Å²) in [6.07, 6.45) is 3.56. The molecule has 0 saturated carbocycles. The second-order valence-corrected chi connectivity index (χ2v) is 5.36. The van der Waals surface area contributed by atoms with Gasteiger partial charge in [-0.2, -0.15) is 0 Å². The number of carbonyl (C=O) groups excluding carboxylic acids is 2. The quantitative estimate of drug-likeness (QED) is 0.649. The molecule has 0 aliphatic carbocycles. The third-order valence-electron chi connectivity index (χ3n) is 2.21. The minimum atomic E-state index is -0.296. The molecule has 0 saturated heterocycles. The van der Waals surface area contributed by atoms with E-state index in [0.717, 1.165) is 17.3 Å². The molecule has 3 nitrogen and oxygen atoms in total. The summed E-state index contributed by atoms with van der Waals surface area (Å²) in [5.74, 6) is -0.546. The average Bonchev–Trinajstić information content (AvgIpc) is 2.73. The van der Waals surface area contributed by atoms with E-state index < -0.39 is 0 Å². The van der Waals surface area contributed by atoms with Gasteiger partial charge < -0.3 is 0 Å². The fourth-order valence-corrected chi connectivity index (χ4v) is 3.55. The molecule has 0 radical (unpaired) electrons. The number of rotatable bonds is 3. The topological polar surface area (TPSA) is 46.2 Å². The molecule has 0 spiro atoms. The Morgan fingerprint density at radius 2 is 2.20 bits per heavy atom. The number of aryl methyl sites for hydroxylation is 1. The van der Waals surface area contributed by atoms with Crippen LogP contribution >= 0.6 is 0 Å². The van der Waals surface area contributed by atoms with Gasteiger partial charge in [0.05, 0.1) is 0 Å². The summed E-state index contributed by atoms with van der Waals surface area (Å²) in [4.78, 5) is 24.5. The van der Waals surface area contributed by atoms with Crippen molar-refractivity contribution in [2.24, 2.45) is 0 Å². The van der Waals surface area contributed by atoms with E-state index in [4.69, 9.17) is 0 Å². The van der Waals surface area contributed by atoms with Crippen molar-refractivity contribution in [1.82, 2.24) is 5.32 Å². The maximum atomic E-state index is 11.4. The van der Waals surface area contributed by atoms with Crippen molar-refractivity contribution < 1.29 is 9.59 Å². The molecule has 0 bridgehead atoms. The molecular formula is C11H11NO2Se. The van der Waals surface area contributed by atoms with Crippen molar-refractivity contribution in [3.05, 3.63) is 27.1 Å². The first-order chi connectivity index (χ1) is 7.20. The normalized spacial score (nSPS) is 15.4. The van der Waals surface area contributed by atoms with E-state index in [1.54, 1.807) is 0 Å². The van der Waals surface area contributed by atoms with Crippen LogP contribution in [0, 0.1) is 0 Å². The van der Waals surface area contributed by atoms with Gasteiger partial charge in [0.15, 0.2) is 0 Å². The van der Waals surface area contributed by atoms with E-state index in [0.29, 0.717) is 5.57 Å². The Morgan fingerprint density at radius 1 is 1.40 bits per heavy atom. The number of hydrogen-bond donors (Lipinski definition) is 1. The summed E-state index contributed by atoms with van der Waals surface area (Å²) < 4.78 is 1.02. The van der Waals surface area contributed by atoms with Crippen LogP contribution in [0.25, 0.3) is 5.57 Å². The van der Waals surface area contributed by atoms with Gasteiger partial charge in [-0.25, -0.2) is 0 Å². The second-order valence-electron chi connectivity index (χ2n) is 3.45. The predicted octanol–water partition coefficient (Wildman–Crippen LogP) is 0.736. The Morgan fingerprint density at radius 3 is 2.80 bits per heavy atom. The van der Waals surface area contributed by atoms with Crippen LogP contribution in [-0.4, -0.2) is 26.3 Å². The van der Waals surface area contributed by atoms with E-state index in [-0.39, 0.29) is 26.3 Å². The monoisotopic (exact) mass is 269 g/mol.